The zero-order valence-electron chi connectivity index (χ0n) is 26.2. The van der Waals surface area contributed by atoms with Crippen molar-refractivity contribution in [3.63, 3.8) is 0 Å². The summed E-state index contributed by atoms with van der Waals surface area (Å²) >= 11 is 0. The van der Waals surface area contributed by atoms with Gasteiger partial charge in [0, 0.05) is 58.3 Å². The maximum atomic E-state index is 14.0. The van der Waals surface area contributed by atoms with Crippen LogP contribution < -0.4 is 20.7 Å². The van der Waals surface area contributed by atoms with Crippen LogP contribution in [0.2, 0.25) is 0 Å². The van der Waals surface area contributed by atoms with E-state index in [2.05, 4.69) is 10.6 Å². The van der Waals surface area contributed by atoms with Gasteiger partial charge < -0.3 is 30.5 Å². The Kier molecular flexibility index (Phi) is 10.9. The Labute approximate surface area is 274 Å². The van der Waals surface area contributed by atoms with Gasteiger partial charge >= 0.3 is 6.18 Å². The number of carbonyl (C=O) groups is 4. The molecular formula is C33H38F5N5O5. The van der Waals surface area contributed by atoms with Crippen LogP contribution in [0.5, 0.6) is 11.5 Å². The van der Waals surface area contributed by atoms with Gasteiger partial charge in [0.2, 0.25) is 23.6 Å². The minimum atomic E-state index is -4.70. The lowest BCUT2D eigenvalue weighted by atomic mass is 10.0. The predicted octanol–water partition coefficient (Wildman–Crippen LogP) is 3.34. The van der Waals surface area contributed by atoms with Gasteiger partial charge in [-0.15, -0.1) is 0 Å². The molecule has 0 saturated carbocycles. The fraction of sp³-hybridized carbons (Fsp3) is 0.515. The van der Waals surface area contributed by atoms with Gasteiger partial charge in [0.1, 0.15) is 36.2 Å². The standard InChI is InChI=1S/C33H38F5N5O5/c34-32(35)10-14-42(15-11-32)13-9-25-30(46)41-26(29(45)39-20-33(36,37)38)18-21-4-1-6-23(16-21)48-24-7-2-5-22(17-24)19-27(31(47)40-25)43-12-3-8-28(43)44/h1-2,4-7,16-17,25-27H,3,8-15,18-20H2,(H,39,45)(H,40,47)(H,41,46)/t25-,26-,27-/m0/s1. The molecule has 0 unspecified atom stereocenters. The minimum absolute atomic E-state index is 0.0422. The van der Waals surface area contributed by atoms with E-state index in [-0.39, 0.29) is 64.1 Å². The number of carbonyl (C=O) groups excluding carboxylic acids is 4. The molecule has 10 nitrogen and oxygen atoms in total. The predicted molar refractivity (Wildman–Crippen MR) is 163 cm³/mol. The van der Waals surface area contributed by atoms with Crippen molar-refractivity contribution in [3.8, 4) is 11.5 Å². The third kappa shape index (κ3) is 9.64. The fourth-order valence-electron chi connectivity index (χ4n) is 6.15. The van der Waals surface area contributed by atoms with Crippen molar-refractivity contribution in [3.05, 3.63) is 59.7 Å². The van der Waals surface area contributed by atoms with Crippen molar-refractivity contribution in [2.24, 2.45) is 0 Å². The molecule has 2 aromatic rings. The van der Waals surface area contributed by atoms with Crippen molar-refractivity contribution in [1.29, 1.82) is 0 Å². The summed E-state index contributed by atoms with van der Waals surface area (Å²) in [6, 6.07) is 9.69. The molecule has 3 aliphatic heterocycles. The number of hydrogen-bond donors (Lipinski definition) is 3. The van der Waals surface area contributed by atoms with E-state index in [1.807, 2.05) is 5.32 Å². The molecule has 3 N–H and O–H groups in total. The molecule has 0 aromatic heterocycles. The Morgan fingerprint density at radius 1 is 0.917 bits per heavy atom. The summed E-state index contributed by atoms with van der Waals surface area (Å²) in [5.74, 6) is -4.80. The molecule has 48 heavy (non-hydrogen) atoms. The van der Waals surface area contributed by atoms with E-state index in [1.165, 1.54) is 4.90 Å². The summed E-state index contributed by atoms with van der Waals surface area (Å²) in [5, 5.41) is 7.06. The van der Waals surface area contributed by atoms with Gasteiger partial charge in [-0.3, -0.25) is 19.2 Å². The van der Waals surface area contributed by atoms with Crippen molar-refractivity contribution in [2.45, 2.75) is 75.2 Å². The summed E-state index contributed by atoms with van der Waals surface area (Å²) in [6.07, 6.45) is -4.80. The average Bonchev–Trinajstić information content (AvgIpc) is 3.45. The largest absolute Gasteiger partial charge is 0.457 e. The summed E-state index contributed by atoms with van der Waals surface area (Å²) in [4.78, 5) is 56.9. The van der Waals surface area contributed by atoms with E-state index in [0.717, 1.165) is 0 Å². The maximum Gasteiger partial charge on any atom is 0.405 e. The normalized spacial score (nSPS) is 24.0. The fourth-order valence-corrected chi connectivity index (χ4v) is 6.15. The lowest BCUT2D eigenvalue weighted by Gasteiger charge is -2.33. The van der Waals surface area contributed by atoms with Gasteiger partial charge in [-0.2, -0.15) is 13.2 Å². The first-order valence-corrected chi connectivity index (χ1v) is 16.0. The van der Waals surface area contributed by atoms with Crippen LogP contribution >= 0.6 is 0 Å². The quantitative estimate of drug-likeness (QED) is 0.404. The minimum Gasteiger partial charge on any atom is -0.457 e. The Bertz CT molecular complexity index is 1500. The maximum absolute atomic E-state index is 14.0. The van der Waals surface area contributed by atoms with Crippen LogP contribution in [0.3, 0.4) is 0 Å². The van der Waals surface area contributed by atoms with E-state index < -0.39 is 54.5 Å². The van der Waals surface area contributed by atoms with Crippen LogP contribution in [0.1, 0.15) is 43.2 Å². The molecule has 260 valence electrons. The number of benzene rings is 2. The zero-order valence-corrected chi connectivity index (χ0v) is 26.2. The number of rotatable bonds is 6. The highest BCUT2D eigenvalue weighted by Crippen LogP contribution is 2.28. The van der Waals surface area contributed by atoms with Gasteiger partial charge in [0.25, 0.3) is 5.92 Å². The molecule has 4 amide bonds. The molecule has 4 bridgehead atoms. The van der Waals surface area contributed by atoms with E-state index >= 15 is 0 Å². The van der Waals surface area contributed by atoms with E-state index in [1.54, 1.807) is 53.4 Å². The smallest absolute Gasteiger partial charge is 0.405 e. The van der Waals surface area contributed by atoms with Gasteiger partial charge in [-0.05, 0) is 48.2 Å². The van der Waals surface area contributed by atoms with Crippen molar-refractivity contribution < 1.29 is 45.9 Å². The summed E-state index contributed by atoms with van der Waals surface area (Å²) < 4.78 is 72.7. The topological polar surface area (TPSA) is 120 Å². The summed E-state index contributed by atoms with van der Waals surface area (Å²) in [7, 11) is 0. The highest BCUT2D eigenvalue weighted by molar-refractivity contribution is 5.94. The van der Waals surface area contributed by atoms with Gasteiger partial charge in [0.15, 0.2) is 0 Å². The first-order chi connectivity index (χ1) is 22.7. The molecule has 0 spiro atoms. The lowest BCUT2D eigenvalue weighted by molar-refractivity contribution is -0.141. The zero-order chi connectivity index (χ0) is 34.5. The Morgan fingerprint density at radius 3 is 2.17 bits per heavy atom. The average molecular weight is 680 g/mol. The molecule has 3 aliphatic rings. The van der Waals surface area contributed by atoms with Crippen molar-refractivity contribution in [2.75, 3.05) is 32.7 Å². The van der Waals surface area contributed by atoms with Crippen LogP contribution in [-0.4, -0.2) is 96.4 Å². The lowest BCUT2D eigenvalue weighted by Crippen LogP contribution is -2.58. The molecule has 15 heteroatoms. The Balaban J connectivity index is 1.48. The Hall–Kier alpha value is -4.27. The highest BCUT2D eigenvalue weighted by atomic mass is 19.4. The third-order valence-electron chi connectivity index (χ3n) is 8.74. The van der Waals surface area contributed by atoms with E-state index in [0.29, 0.717) is 35.6 Å². The second-order valence-corrected chi connectivity index (χ2v) is 12.5. The monoisotopic (exact) mass is 679 g/mol. The first-order valence-electron chi connectivity index (χ1n) is 16.0. The first kappa shape index (κ1) is 35.0. The summed E-state index contributed by atoms with van der Waals surface area (Å²) in [6.45, 7) is -1.02. The number of likely N-dealkylation sites (tertiary alicyclic amines) is 2. The molecule has 2 aromatic carbocycles. The van der Waals surface area contributed by atoms with Crippen molar-refractivity contribution in [1.82, 2.24) is 25.8 Å². The van der Waals surface area contributed by atoms with Crippen LogP contribution in [0.4, 0.5) is 22.0 Å². The van der Waals surface area contributed by atoms with E-state index in [4.69, 9.17) is 4.74 Å². The number of alkyl halides is 5. The molecule has 2 saturated heterocycles. The van der Waals surface area contributed by atoms with Gasteiger partial charge in [0.05, 0.1) is 0 Å². The summed E-state index contributed by atoms with van der Waals surface area (Å²) in [5.41, 5.74) is 1.16. The molecular weight excluding hydrogens is 641 g/mol. The van der Waals surface area contributed by atoms with Crippen molar-refractivity contribution >= 4 is 23.6 Å². The number of nitrogens with zero attached hydrogens (tertiary/aromatic N) is 2. The third-order valence-corrected chi connectivity index (χ3v) is 8.74. The van der Waals surface area contributed by atoms with Crippen LogP contribution in [-0.2, 0) is 32.0 Å². The number of ether oxygens (including phenoxy) is 1. The van der Waals surface area contributed by atoms with Crippen LogP contribution in [0.15, 0.2) is 48.5 Å². The number of amides is 4. The van der Waals surface area contributed by atoms with Gasteiger partial charge in [-0.25, -0.2) is 8.78 Å². The van der Waals surface area contributed by atoms with Crippen LogP contribution in [0.25, 0.3) is 0 Å². The van der Waals surface area contributed by atoms with E-state index in [9.17, 15) is 41.1 Å². The number of fused-ring (bicyclic) bond motifs is 4. The van der Waals surface area contributed by atoms with Crippen LogP contribution in [0, 0.1) is 0 Å². The highest BCUT2D eigenvalue weighted by Gasteiger charge is 2.38. The molecule has 3 heterocycles. The molecule has 0 aliphatic carbocycles. The Morgan fingerprint density at radius 2 is 1.56 bits per heavy atom. The molecule has 2 fully saturated rings. The number of halogens is 5. The molecule has 5 rings (SSSR count). The number of piperidine rings is 1. The SMILES string of the molecule is O=C(NCC(F)(F)F)[C@@H]1Cc2cccc(c2)Oc2cccc(c2)C[C@H](N2CCCC2=O)C(=O)N[C@@H](CCN2CCC(F)(F)CC2)C(=O)N1. The molecule has 3 atom stereocenters. The second kappa shape index (κ2) is 14.9. The molecule has 0 radical (unpaired) electrons. The number of hydrogen-bond acceptors (Lipinski definition) is 6. The number of nitrogens with one attached hydrogen (secondary N) is 3. The van der Waals surface area contributed by atoms with Gasteiger partial charge in [-0.1, -0.05) is 24.3 Å². The second-order valence-electron chi connectivity index (χ2n) is 12.5.